The summed E-state index contributed by atoms with van der Waals surface area (Å²) in [6.07, 6.45) is 3.77. The summed E-state index contributed by atoms with van der Waals surface area (Å²) in [6, 6.07) is 8.07. The van der Waals surface area contributed by atoms with Crippen molar-refractivity contribution in [2.75, 3.05) is 13.1 Å². The second-order valence-corrected chi connectivity index (χ2v) is 6.46. The van der Waals surface area contributed by atoms with Gasteiger partial charge in [-0.25, -0.2) is 4.68 Å². The monoisotopic (exact) mass is 362 g/mol. The molecule has 0 saturated carbocycles. The summed E-state index contributed by atoms with van der Waals surface area (Å²) in [7, 11) is 0. The molecule has 1 saturated heterocycles. The lowest BCUT2D eigenvalue weighted by Crippen LogP contribution is -2.45. The highest BCUT2D eigenvalue weighted by atomic mass is 79.9. The summed E-state index contributed by atoms with van der Waals surface area (Å²) in [4.78, 5) is 12.4. The fraction of sp³-hybridized carbons (Fsp3) is 0.375. The SMILES string of the molecule is Cc1c(C(=O)NC2CCCNC2)cnn1-c1ccc(Br)cc1. The maximum absolute atomic E-state index is 12.4. The zero-order valence-electron chi connectivity index (χ0n) is 12.5. The van der Waals surface area contributed by atoms with Crippen LogP contribution in [0.1, 0.15) is 28.9 Å². The molecule has 1 atom stereocenters. The largest absolute Gasteiger partial charge is 0.348 e. The van der Waals surface area contributed by atoms with Gasteiger partial charge in [0.25, 0.3) is 5.91 Å². The number of carbonyl (C=O) groups is 1. The first-order valence-electron chi connectivity index (χ1n) is 7.47. The minimum absolute atomic E-state index is 0.0467. The zero-order valence-corrected chi connectivity index (χ0v) is 14.1. The maximum atomic E-state index is 12.4. The van der Waals surface area contributed by atoms with E-state index in [1.807, 2.05) is 31.2 Å². The number of nitrogens with one attached hydrogen (secondary N) is 2. The van der Waals surface area contributed by atoms with Gasteiger partial charge in [0.2, 0.25) is 0 Å². The van der Waals surface area contributed by atoms with Crippen molar-refractivity contribution in [1.82, 2.24) is 20.4 Å². The number of piperidine rings is 1. The quantitative estimate of drug-likeness (QED) is 0.881. The summed E-state index contributed by atoms with van der Waals surface area (Å²) in [5.74, 6) is -0.0467. The highest BCUT2D eigenvalue weighted by molar-refractivity contribution is 9.10. The molecule has 2 N–H and O–H groups in total. The van der Waals surface area contributed by atoms with Crippen molar-refractivity contribution in [3.05, 3.63) is 46.2 Å². The number of rotatable bonds is 3. The maximum Gasteiger partial charge on any atom is 0.255 e. The van der Waals surface area contributed by atoms with Crippen molar-refractivity contribution < 1.29 is 4.79 Å². The number of aromatic nitrogens is 2. The number of carbonyl (C=O) groups excluding carboxylic acids is 1. The third-order valence-corrected chi connectivity index (χ3v) is 4.49. The number of hydrogen-bond donors (Lipinski definition) is 2. The lowest BCUT2D eigenvalue weighted by atomic mass is 10.1. The second-order valence-electron chi connectivity index (χ2n) is 5.55. The van der Waals surface area contributed by atoms with Crippen LogP contribution in [0.25, 0.3) is 5.69 Å². The molecular weight excluding hydrogens is 344 g/mol. The van der Waals surface area contributed by atoms with Crippen molar-refractivity contribution in [3.8, 4) is 5.69 Å². The molecule has 5 nitrogen and oxygen atoms in total. The van der Waals surface area contributed by atoms with E-state index in [9.17, 15) is 4.79 Å². The van der Waals surface area contributed by atoms with E-state index < -0.39 is 0 Å². The van der Waals surface area contributed by atoms with Crippen LogP contribution in [-0.4, -0.2) is 34.8 Å². The van der Waals surface area contributed by atoms with Crippen LogP contribution in [0.4, 0.5) is 0 Å². The zero-order chi connectivity index (χ0) is 15.5. The molecule has 0 aliphatic carbocycles. The Morgan fingerprint density at radius 1 is 1.41 bits per heavy atom. The molecule has 3 rings (SSSR count). The van der Waals surface area contributed by atoms with E-state index in [0.717, 1.165) is 41.8 Å². The van der Waals surface area contributed by atoms with Crippen LogP contribution in [0.5, 0.6) is 0 Å². The van der Waals surface area contributed by atoms with E-state index in [4.69, 9.17) is 0 Å². The Bertz CT molecular complexity index is 659. The Morgan fingerprint density at radius 2 is 2.18 bits per heavy atom. The van der Waals surface area contributed by atoms with Crippen LogP contribution < -0.4 is 10.6 Å². The molecule has 6 heteroatoms. The van der Waals surface area contributed by atoms with Crippen LogP contribution in [0.3, 0.4) is 0 Å². The van der Waals surface area contributed by atoms with Gasteiger partial charge in [0.05, 0.1) is 23.1 Å². The van der Waals surface area contributed by atoms with E-state index in [-0.39, 0.29) is 11.9 Å². The van der Waals surface area contributed by atoms with E-state index in [0.29, 0.717) is 5.56 Å². The van der Waals surface area contributed by atoms with Gasteiger partial charge >= 0.3 is 0 Å². The molecule has 1 amide bonds. The molecule has 22 heavy (non-hydrogen) atoms. The molecule has 116 valence electrons. The topological polar surface area (TPSA) is 59.0 Å². The van der Waals surface area contributed by atoms with E-state index in [1.54, 1.807) is 10.9 Å². The number of amides is 1. The molecule has 1 aliphatic heterocycles. The number of benzene rings is 1. The minimum atomic E-state index is -0.0467. The van der Waals surface area contributed by atoms with Crippen LogP contribution >= 0.6 is 15.9 Å². The Morgan fingerprint density at radius 3 is 2.86 bits per heavy atom. The Kier molecular flexibility index (Phi) is 4.59. The van der Waals surface area contributed by atoms with Crippen LogP contribution in [0.15, 0.2) is 34.9 Å². The molecule has 1 unspecified atom stereocenters. The lowest BCUT2D eigenvalue weighted by Gasteiger charge is -2.23. The molecule has 2 heterocycles. The summed E-state index contributed by atoms with van der Waals surface area (Å²) in [5, 5.41) is 10.7. The fourth-order valence-corrected chi connectivity index (χ4v) is 2.98. The van der Waals surface area contributed by atoms with E-state index in [1.165, 1.54) is 0 Å². The standard InChI is InChI=1S/C16H19BrN4O/c1-11-15(16(22)20-13-3-2-8-18-9-13)10-19-21(11)14-6-4-12(17)5-7-14/h4-7,10,13,18H,2-3,8-9H2,1H3,(H,20,22). The second kappa shape index (κ2) is 6.62. The predicted molar refractivity (Wildman–Crippen MR) is 89.4 cm³/mol. The first-order chi connectivity index (χ1) is 10.6. The van der Waals surface area contributed by atoms with Gasteiger partial charge in [-0.3, -0.25) is 4.79 Å². The van der Waals surface area contributed by atoms with Crippen molar-refractivity contribution in [3.63, 3.8) is 0 Å². The van der Waals surface area contributed by atoms with Gasteiger partial charge in [-0.05, 0) is 50.6 Å². The van der Waals surface area contributed by atoms with Crippen LogP contribution in [0.2, 0.25) is 0 Å². The van der Waals surface area contributed by atoms with Gasteiger partial charge in [0.1, 0.15) is 0 Å². The first-order valence-corrected chi connectivity index (χ1v) is 8.26. The van der Waals surface area contributed by atoms with Crippen LogP contribution in [-0.2, 0) is 0 Å². The normalized spacial score (nSPS) is 18.2. The molecule has 1 aromatic heterocycles. The van der Waals surface area contributed by atoms with Crippen molar-refractivity contribution in [2.24, 2.45) is 0 Å². The highest BCUT2D eigenvalue weighted by Gasteiger charge is 2.20. The molecule has 2 aromatic rings. The average molecular weight is 363 g/mol. The molecule has 0 bridgehead atoms. The van der Waals surface area contributed by atoms with Crippen molar-refractivity contribution in [1.29, 1.82) is 0 Å². The molecular formula is C16H19BrN4O. The average Bonchev–Trinajstić information content (AvgIpc) is 2.91. The minimum Gasteiger partial charge on any atom is -0.348 e. The van der Waals surface area contributed by atoms with Crippen LogP contribution in [0, 0.1) is 6.92 Å². The van der Waals surface area contributed by atoms with Gasteiger partial charge in [0, 0.05) is 17.1 Å². The molecule has 0 spiro atoms. The van der Waals surface area contributed by atoms with Crippen molar-refractivity contribution in [2.45, 2.75) is 25.8 Å². The fourth-order valence-electron chi connectivity index (χ4n) is 2.71. The molecule has 1 aromatic carbocycles. The van der Waals surface area contributed by atoms with Gasteiger partial charge in [-0.1, -0.05) is 15.9 Å². The Labute approximate surface area is 138 Å². The summed E-state index contributed by atoms with van der Waals surface area (Å²) < 4.78 is 2.81. The molecule has 1 aliphatic rings. The summed E-state index contributed by atoms with van der Waals surface area (Å²) in [5.41, 5.74) is 2.43. The number of nitrogens with zero attached hydrogens (tertiary/aromatic N) is 2. The third-order valence-electron chi connectivity index (χ3n) is 3.96. The van der Waals surface area contributed by atoms with Gasteiger partial charge in [-0.15, -0.1) is 0 Å². The smallest absolute Gasteiger partial charge is 0.255 e. The molecule has 1 fully saturated rings. The van der Waals surface area contributed by atoms with Crippen molar-refractivity contribution >= 4 is 21.8 Å². The third kappa shape index (κ3) is 3.23. The van der Waals surface area contributed by atoms with E-state index in [2.05, 4.69) is 31.7 Å². The van der Waals surface area contributed by atoms with Gasteiger partial charge in [-0.2, -0.15) is 5.10 Å². The Hall–Kier alpha value is -1.66. The predicted octanol–water partition coefficient (Wildman–Crippen LogP) is 2.43. The Balaban J connectivity index is 1.77. The first kappa shape index (κ1) is 15.2. The summed E-state index contributed by atoms with van der Waals surface area (Å²) in [6.45, 7) is 3.79. The van der Waals surface area contributed by atoms with Gasteiger partial charge in [0.15, 0.2) is 0 Å². The van der Waals surface area contributed by atoms with Gasteiger partial charge < -0.3 is 10.6 Å². The van der Waals surface area contributed by atoms with E-state index >= 15 is 0 Å². The lowest BCUT2D eigenvalue weighted by molar-refractivity contribution is 0.0930. The number of hydrogen-bond acceptors (Lipinski definition) is 3. The summed E-state index contributed by atoms with van der Waals surface area (Å²) >= 11 is 3.42. The number of halogens is 1. The molecule has 0 radical (unpaired) electrons. The highest BCUT2D eigenvalue weighted by Crippen LogP contribution is 2.17.